The zero-order valence-electron chi connectivity index (χ0n) is 11.6. The van der Waals surface area contributed by atoms with E-state index in [9.17, 15) is 9.90 Å². The normalized spacial score (nSPS) is 13.3. The van der Waals surface area contributed by atoms with Crippen LogP contribution >= 0.6 is 0 Å². The van der Waals surface area contributed by atoms with Gasteiger partial charge in [-0.2, -0.15) is 0 Å². The molecule has 0 aliphatic carbocycles. The number of esters is 1. The molecule has 0 radical (unpaired) electrons. The predicted octanol–water partition coefficient (Wildman–Crippen LogP) is 3.73. The maximum atomic E-state index is 10.5. The summed E-state index contributed by atoms with van der Waals surface area (Å²) < 4.78 is 4.58. The number of rotatable bonds is 10. The molecule has 0 aliphatic rings. The third-order valence-corrected chi connectivity index (χ3v) is 2.45. The molecule has 0 saturated carbocycles. The Labute approximate surface area is 111 Å². The second-order valence-electron chi connectivity index (χ2n) is 4.32. The third-order valence-electron chi connectivity index (χ3n) is 2.45. The Kier molecular flexibility index (Phi) is 11.6. The molecule has 0 saturated heterocycles. The molecule has 0 rings (SSSR count). The highest BCUT2D eigenvalue weighted by atomic mass is 16.6. The van der Waals surface area contributed by atoms with Crippen LogP contribution in [-0.2, 0) is 9.53 Å². The molecule has 3 nitrogen and oxygen atoms in total. The summed E-state index contributed by atoms with van der Waals surface area (Å²) in [6, 6.07) is 0. The van der Waals surface area contributed by atoms with Crippen molar-refractivity contribution in [2.45, 2.75) is 65.1 Å². The van der Waals surface area contributed by atoms with Crippen molar-refractivity contribution in [2.24, 2.45) is 0 Å². The molecule has 0 aromatic heterocycles. The zero-order valence-corrected chi connectivity index (χ0v) is 11.6. The minimum absolute atomic E-state index is 0.361. The maximum Gasteiger partial charge on any atom is 0.304 e. The Bertz CT molecular complexity index is 256. The standard InChI is InChI=1S/C15H26O3/c1-3-4-5-6-7-8-9-10-11-12-13-15(17)18-14(2)16/h7-8,11-12,15,17H,3-6,9-10,13H2,1-2H3/b8-7+,12-11+. The van der Waals surface area contributed by atoms with E-state index in [1.54, 1.807) is 0 Å². The second-order valence-corrected chi connectivity index (χ2v) is 4.32. The van der Waals surface area contributed by atoms with E-state index in [-0.39, 0.29) is 0 Å². The number of aliphatic hydroxyl groups is 1. The molecule has 0 spiro atoms. The quantitative estimate of drug-likeness (QED) is 0.280. The predicted molar refractivity (Wildman–Crippen MR) is 74.0 cm³/mol. The molecule has 0 fully saturated rings. The highest BCUT2D eigenvalue weighted by Gasteiger charge is 2.03. The molecule has 0 aromatic rings. The van der Waals surface area contributed by atoms with Gasteiger partial charge in [-0.05, 0) is 25.7 Å². The second kappa shape index (κ2) is 12.4. The van der Waals surface area contributed by atoms with Crippen molar-refractivity contribution in [1.29, 1.82) is 0 Å². The lowest BCUT2D eigenvalue weighted by molar-refractivity contribution is -0.164. The molecule has 0 aliphatic heterocycles. The van der Waals surface area contributed by atoms with E-state index in [1.165, 1.54) is 32.6 Å². The number of aliphatic hydroxyl groups excluding tert-OH is 1. The molecule has 1 unspecified atom stereocenters. The molecule has 0 bridgehead atoms. The van der Waals surface area contributed by atoms with Crippen molar-refractivity contribution < 1.29 is 14.6 Å². The summed E-state index contributed by atoms with van der Waals surface area (Å²) in [7, 11) is 0. The van der Waals surface area contributed by atoms with Crippen LogP contribution in [0.4, 0.5) is 0 Å². The average Bonchev–Trinajstić information content (AvgIpc) is 2.30. The van der Waals surface area contributed by atoms with Gasteiger partial charge < -0.3 is 9.84 Å². The first-order chi connectivity index (χ1) is 8.66. The smallest absolute Gasteiger partial charge is 0.304 e. The van der Waals surface area contributed by atoms with Crippen LogP contribution < -0.4 is 0 Å². The fourth-order valence-corrected chi connectivity index (χ4v) is 1.51. The lowest BCUT2D eigenvalue weighted by Crippen LogP contribution is -2.13. The van der Waals surface area contributed by atoms with Gasteiger partial charge in [0.15, 0.2) is 0 Å². The minimum atomic E-state index is -1.01. The first-order valence-corrected chi connectivity index (χ1v) is 6.82. The molecule has 1 atom stereocenters. The third kappa shape index (κ3) is 13.0. The lowest BCUT2D eigenvalue weighted by atomic mass is 10.2. The Morgan fingerprint density at radius 2 is 1.72 bits per heavy atom. The zero-order chi connectivity index (χ0) is 13.6. The van der Waals surface area contributed by atoms with Crippen LogP contribution in [0.3, 0.4) is 0 Å². The van der Waals surface area contributed by atoms with Gasteiger partial charge in [-0.15, -0.1) is 0 Å². The van der Waals surface area contributed by atoms with Gasteiger partial charge in [0.25, 0.3) is 0 Å². The molecule has 3 heteroatoms. The summed E-state index contributed by atoms with van der Waals surface area (Å²) in [6.45, 7) is 3.50. The van der Waals surface area contributed by atoms with E-state index in [1.807, 2.05) is 12.2 Å². The van der Waals surface area contributed by atoms with E-state index in [4.69, 9.17) is 0 Å². The van der Waals surface area contributed by atoms with Crippen LogP contribution in [0.15, 0.2) is 24.3 Å². The summed E-state index contributed by atoms with van der Waals surface area (Å²) in [6.07, 6.45) is 14.6. The summed E-state index contributed by atoms with van der Waals surface area (Å²) >= 11 is 0. The summed E-state index contributed by atoms with van der Waals surface area (Å²) in [5, 5.41) is 9.23. The summed E-state index contributed by atoms with van der Waals surface area (Å²) in [4.78, 5) is 10.5. The molecular formula is C15H26O3. The molecule has 104 valence electrons. The highest BCUT2D eigenvalue weighted by molar-refractivity contribution is 5.66. The maximum absolute atomic E-state index is 10.5. The molecule has 0 heterocycles. The van der Waals surface area contributed by atoms with Crippen molar-refractivity contribution in [3.05, 3.63) is 24.3 Å². The minimum Gasteiger partial charge on any atom is -0.436 e. The van der Waals surface area contributed by atoms with Gasteiger partial charge in [0.05, 0.1) is 0 Å². The highest BCUT2D eigenvalue weighted by Crippen LogP contribution is 2.02. The van der Waals surface area contributed by atoms with Gasteiger partial charge in [0.1, 0.15) is 0 Å². The van der Waals surface area contributed by atoms with E-state index in [0.29, 0.717) is 6.42 Å². The van der Waals surface area contributed by atoms with E-state index in [2.05, 4.69) is 23.8 Å². The Morgan fingerprint density at radius 3 is 2.33 bits per heavy atom. The van der Waals surface area contributed by atoms with Crippen molar-refractivity contribution in [3.8, 4) is 0 Å². The molecular weight excluding hydrogens is 228 g/mol. The molecule has 0 aromatic carbocycles. The van der Waals surface area contributed by atoms with Gasteiger partial charge in [-0.25, -0.2) is 0 Å². The van der Waals surface area contributed by atoms with Gasteiger partial charge in [-0.3, -0.25) is 4.79 Å². The first kappa shape index (κ1) is 16.9. The van der Waals surface area contributed by atoms with Gasteiger partial charge in [0, 0.05) is 13.3 Å². The number of allylic oxidation sites excluding steroid dienone is 3. The number of ether oxygens (including phenoxy) is 1. The number of carbonyl (C=O) groups excluding carboxylic acids is 1. The van der Waals surface area contributed by atoms with E-state index in [0.717, 1.165) is 12.8 Å². The fraction of sp³-hybridized carbons (Fsp3) is 0.667. The van der Waals surface area contributed by atoms with Crippen molar-refractivity contribution >= 4 is 5.97 Å². The first-order valence-electron chi connectivity index (χ1n) is 6.82. The van der Waals surface area contributed by atoms with Gasteiger partial charge in [0.2, 0.25) is 6.29 Å². The number of unbranched alkanes of at least 4 members (excludes halogenated alkanes) is 4. The van der Waals surface area contributed by atoms with Crippen LogP contribution in [-0.4, -0.2) is 17.4 Å². The summed E-state index contributed by atoms with van der Waals surface area (Å²) in [5.74, 6) is -0.453. The topological polar surface area (TPSA) is 46.5 Å². The molecule has 18 heavy (non-hydrogen) atoms. The fourth-order valence-electron chi connectivity index (χ4n) is 1.51. The van der Waals surface area contributed by atoms with E-state index >= 15 is 0 Å². The Balaban J connectivity index is 3.39. The van der Waals surface area contributed by atoms with Crippen LogP contribution in [0.5, 0.6) is 0 Å². The summed E-state index contributed by atoms with van der Waals surface area (Å²) in [5.41, 5.74) is 0. The molecule has 1 N–H and O–H groups in total. The van der Waals surface area contributed by atoms with Crippen LogP contribution in [0, 0.1) is 0 Å². The number of carbonyl (C=O) groups is 1. The van der Waals surface area contributed by atoms with Crippen molar-refractivity contribution in [2.75, 3.05) is 0 Å². The Morgan fingerprint density at radius 1 is 1.11 bits per heavy atom. The monoisotopic (exact) mass is 254 g/mol. The van der Waals surface area contributed by atoms with Crippen LogP contribution in [0.25, 0.3) is 0 Å². The number of hydrogen-bond acceptors (Lipinski definition) is 3. The molecule has 0 amide bonds. The van der Waals surface area contributed by atoms with Crippen LogP contribution in [0.1, 0.15) is 58.8 Å². The SMILES string of the molecule is CCCCC/C=C/CC/C=C/CC(O)OC(C)=O. The van der Waals surface area contributed by atoms with Gasteiger partial charge in [-0.1, -0.05) is 44.1 Å². The number of hydrogen-bond donors (Lipinski definition) is 1. The van der Waals surface area contributed by atoms with Gasteiger partial charge >= 0.3 is 5.97 Å². The van der Waals surface area contributed by atoms with E-state index < -0.39 is 12.3 Å². The Hall–Kier alpha value is -1.09. The van der Waals surface area contributed by atoms with Crippen molar-refractivity contribution in [3.63, 3.8) is 0 Å². The van der Waals surface area contributed by atoms with Crippen molar-refractivity contribution in [1.82, 2.24) is 0 Å². The average molecular weight is 254 g/mol. The largest absolute Gasteiger partial charge is 0.436 e. The van der Waals surface area contributed by atoms with Crippen LogP contribution in [0.2, 0.25) is 0 Å². The lowest BCUT2D eigenvalue weighted by Gasteiger charge is -2.06.